The molecule has 12 aromatic rings. The van der Waals surface area contributed by atoms with Crippen molar-refractivity contribution in [3.63, 3.8) is 0 Å². The molecule has 6 bridgehead atoms. The molecular formula is C65H80FN29O33P6. The summed E-state index contributed by atoms with van der Waals surface area (Å²) in [7, 11) is -28.6. The van der Waals surface area contributed by atoms with E-state index in [4.69, 9.17) is 81.8 Å². The number of nitrogens with one attached hydrogen (secondary N) is 5. The number of aliphatic hydroxyl groups excluding tert-OH is 4. The number of nitrogen functional groups attached to an aromatic ring is 3. The standard InChI is InChI=1S/C23H29N9O11P2.C21H25FN10O11P2.C21H26N10O11P2/c1-9-29-20-13(21(35)30-9)28-8-32(20)23-17-14(33)10(40-23)2-4-44(36,37)42-16-11(3-5-45(38,39)43-17)41-22(15(16)34)31-7-27-12-18(24)25-6-26-19(12)31;1-7-28-18-13(19(34)29-7)27-6-32(18)21-15-14(33)9(42-21)3-39-44(35,36)30-11-8(2-40-45(37,38)43-15)41-20(10(11)22)31-5-26-12-16(23)24-4-25-17(12)31;1-8-27-19-14(20(33)28-8)26-7-31(19)21-16-15(32)11(41-21)4-38-43(34,35)29-9-2-12(40-10(9)3-39-44(36,37)42-16)30-6-25-13-17(22)23-5-24-18(13)30/h6-8,10-11,14-17,22-23,33-34H,2-5H2,1H3,(H,36,37)(H,38,39)(H2,24,25,26)(H,29,30,35);4-6,8-11,14-15,20-21,33H,2-3H2,1H3,(H,37,38)(H2,23,24,25)(H,28,29,34)(H2,30,35,36);5-7,9-12,15-16,21,32H,2-4H2,1H3,(H,36,37)(H2,22,23,24)(H,27,28,33)(H2,29,34,35). The van der Waals surface area contributed by atoms with E-state index in [2.05, 4.69) is 99.9 Å². The van der Waals surface area contributed by atoms with Crippen LogP contribution in [0.4, 0.5) is 21.8 Å². The SMILES string of the molecule is Cc1nc2c(ncn2C2OC3CCP(=O)(O)OC4C(CCP(=O)(O)OC2C3O)OC(n2cnc3c(N)ncnc32)C4O)c(=O)[nH]1.Cc1nc2c(ncn2C2OC3COP(=O)(O)NC4C(COP(=O)(O)OC2C3O)OC(n2cnc3c(N)ncnc32)C4F)c(=O)[nH]1.Cc1nc2c(ncn2C2OC3COP(=O)(O)NC4CC(n5cnc6c(N)ncnc65)OC4COP(=O)(O)OC2C3O)c(=O)[nH]1. The van der Waals surface area contributed by atoms with Crippen LogP contribution in [-0.4, -0.2) is 309 Å². The van der Waals surface area contributed by atoms with Gasteiger partial charge in [0.25, 0.3) is 16.7 Å². The second kappa shape index (κ2) is 35.4. The molecule has 134 heavy (non-hydrogen) atoms. The number of H-pyrrole nitrogens is 3. The smallest absolute Gasteiger partial charge is 0.387 e. The molecule has 9 saturated heterocycles. The Bertz CT molecular complexity index is 6800. The monoisotopic (exact) mass is 2000 g/mol. The number of anilines is 3. The topological polar surface area (TPSA) is 858 Å². The molecule has 9 aliphatic heterocycles. The molecule has 21 heterocycles. The number of imidazole rings is 6. The highest BCUT2D eigenvalue weighted by atomic mass is 31.2. The number of ether oxygens (including phenoxy) is 6. The van der Waals surface area contributed by atoms with E-state index in [1.807, 2.05) is 0 Å². The molecule has 12 aromatic heterocycles. The van der Waals surface area contributed by atoms with Gasteiger partial charge in [-0.2, -0.15) is 0 Å². The van der Waals surface area contributed by atoms with E-state index in [9.17, 15) is 91.6 Å². The number of aryl methyl sites for hydroxylation is 3. The molecule has 0 radical (unpaired) electrons. The van der Waals surface area contributed by atoms with Crippen LogP contribution < -0.4 is 44.1 Å². The largest absolute Gasteiger partial charge is 0.472 e. The van der Waals surface area contributed by atoms with Gasteiger partial charge in [0, 0.05) is 6.42 Å². The van der Waals surface area contributed by atoms with Crippen molar-refractivity contribution >= 4 is 131 Å². The zero-order valence-electron chi connectivity index (χ0n) is 68.9. The Labute approximate surface area is 743 Å². The normalized spacial score (nSPS) is 37.3. The van der Waals surface area contributed by atoms with Gasteiger partial charge in [-0.25, -0.2) is 108 Å². The average molecular weight is 2000 g/mol. The third kappa shape index (κ3) is 18.0. The van der Waals surface area contributed by atoms with Crippen molar-refractivity contribution in [2.45, 2.75) is 181 Å². The van der Waals surface area contributed by atoms with Crippen LogP contribution in [0.1, 0.15) is 74.1 Å². The molecule has 21 N–H and O–H groups in total. The molecule has 9 fully saturated rings. The molecule has 29 atom stereocenters. The maximum atomic E-state index is 15.9. The lowest BCUT2D eigenvalue weighted by molar-refractivity contribution is -0.0563. The summed E-state index contributed by atoms with van der Waals surface area (Å²) in [6.07, 6.45) is -20.5. The molecule has 69 heteroatoms. The Kier molecular flexibility index (Phi) is 24.7. The maximum absolute atomic E-state index is 15.9. The van der Waals surface area contributed by atoms with E-state index < -0.39 is 243 Å². The van der Waals surface area contributed by atoms with Gasteiger partial charge in [-0.1, -0.05) is 0 Å². The number of halogens is 1. The number of hydrogen-bond acceptors (Lipinski definition) is 45. The van der Waals surface area contributed by atoms with Crippen molar-refractivity contribution in [1.29, 1.82) is 0 Å². The maximum Gasteiger partial charge on any atom is 0.472 e. The number of aromatic nitrogens is 24. The number of nitrogens with zero attached hydrogens (tertiary/aromatic N) is 21. The van der Waals surface area contributed by atoms with Gasteiger partial charge < -0.3 is 110 Å². The fourth-order valence-electron chi connectivity index (χ4n) is 16.9. The summed E-state index contributed by atoms with van der Waals surface area (Å²) in [6, 6.07) is -2.57. The van der Waals surface area contributed by atoms with Gasteiger partial charge in [-0.05, 0) is 33.6 Å². The van der Waals surface area contributed by atoms with Crippen LogP contribution in [0.2, 0.25) is 0 Å². The van der Waals surface area contributed by atoms with Crippen LogP contribution in [0.25, 0.3) is 67.0 Å². The zero-order valence-corrected chi connectivity index (χ0v) is 74.3. The van der Waals surface area contributed by atoms with E-state index >= 15 is 4.39 Å². The van der Waals surface area contributed by atoms with Crippen LogP contribution in [0.5, 0.6) is 0 Å². The van der Waals surface area contributed by atoms with E-state index in [1.165, 1.54) is 85.5 Å². The van der Waals surface area contributed by atoms with Gasteiger partial charge >= 0.3 is 46.3 Å². The molecular weight excluding hydrogens is 1920 g/mol. The van der Waals surface area contributed by atoms with Crippen LogP contribution in [0, 0.1) is 20.8 Å². The van der Waals surface area contributed by atoms with Gasteiger partial charge in [0.1, 0.15) is 132 Å². The van der Waals surface area contributed by atoms with Gasteiger partial charge in [0.05, 0.1) is 101 Å². The second-order valence-corrected chi connectivity index (χ2v) is 41.7. The van der Waals surface area contributed by atoms with Gasteiger partial charge in [-0.3, -0.25) is 87.1 Å². The summed E-state index contributed by atoms with van der Waals surface area (Å²) in [5, 5.41) is 49.1. The Morgan fingerprint density at radius 1 is 0.381 bits per heavy atom. The first-order valence-electron chi connectivity index (χ1n) is 40.2. The van der Waals surface area contributed by atoms with Gasteiger partial charge in [0.2, 0.25) is 0 Å². The summed E-state index contributed by atoms with van der Waals surface area (Å²) in [5.41, 5.74) is 17.2. The minimum absolute atomic E-state index is 0.00537. The molecule has 0 amide bonds. The van der Waals surface area contributed by atoms with Crippen molar-refractivity contribution < 1.29 is 146 Å². The number of hydrogen-bond donors (Lipinski definition) is 18. The van der Waals surface area contributed by atoms with E-state index in [0.29, 0.717) is 11.2 Å². The van der Waals surface area contributed by atoms with Crippen molar-refractivity contribution in [3.8, 4) is 0 Å². The lowest BCUT2D eigenvalue weighted by atomic mass is 10.1. The summed E-state index contributed by atoms with van der Waals surface area (Å²) < 4.78 is 182. The summed E-state index contributed by atoms with van der Waals surface area (Å²) in [6.45, 7) is 1.76. The quantitative estimate of drug-likeness (QED) is 0.0749. The third-order valence-corrected chi connectivity index (χ3v) is 30.1. The third-order valence-electron chi connectivity index (χ3n) is 23.1. The fraction of sp³-hybridized carbons (Fsp3) is 0.538. The van der Waals surface area contributed by atoms with Crippen molar-refractivity contribution in [3.05, 3.63) is 105 Å². The number of phosphoric ester groups is 2. The predicted molar refractivity (Wildman–Crippen MR) is 440 cm³/mol. The second-order valence-electron chi connectivity index (χ2n) is 31.9. The first kappa shape index (κ1) is 93.4. The Morgan fingerprint density at radius 2 is 0.731 bits per heavy atom. The number of alkyl halides is 1. The van der Waals surface area contributed by atoms with Crippen LogP contribution in [0.3, 0.4) is 0 Å². The first-order chi connectivity index (χ1) is 63.5. The molecule has 0 saturated carbocycles. The van der Waals surface area contributed by atoms with Crippen molar-refractivity contribution in [1.82, 2.24) is 127 Å². The highest BCUT2D eigenvalue weighted by molar-refractivity contribution is 7.53. The number of fused-ring (bicyclic) bond motifs is 15. The lowest BCUT2D eigenvalue weighted by Crippen LogP contribution is -2.43. The van der Waals surface area contributed by atoms with Gasteiger partial charge in [0.15, 0.2) is 105 Å². The number of rotatable bonds is 6. The van der Waals surface area contributed by atoms with E-state index in [1.54, 1.807) is 6.92 Å². The zero-order chi connectivity index (χ0) is 94.6. The summed E-state index contributed by atoms with van der Waals surface area (Å²) in [5.74, 6) is 0.965. The summed E-state index contributed by atoms with van der Waals surface area (Å²) in [4.78, 5) is 171. The predicted octanol–water partition coefficient (Wildman–Crippen LogP) is -2.78. The highest BCUT2D eigenvalue weighted by Gasteiger charge is 2.58. The molecule has 0 spiro atoms. The van der Waals surface area contributed by atoms with E-state index in [0.717, 1.165) is 12.7 Å². The number of aromatic amines is 3. The number of phosphoric acid groups is 2. The van der Waals surface area contributed by atoms with E-state index in [-0.39, 0.29) is 110 Å². The molecule has 720 valence electrons. The minimum atomic E-state index is -5.10. The van der Waals surface area contributed by atoms with Crippen LogP contribution in [0.15, 0.2) is 71.3 Å². The molecule has 0 aliphatic carbocycles. The molecule has 9 aliphatic rings. The van der Waals surface area contributed by atoms with Gasteiger partial charge in [-0.15, -0.1) is 0 Å². The average Bonchev–Trinajstić information content (AvgIpc) is 1.62. The van der Waals surface area contributed by atoms with Crippen LogP contribution in [-0.2, 0) is 92.0 Å². The Balaban J connectivity index is 0.000000129. The van der Waals surface area contributed by atoms with Crippen molar-refractivity contribution in [2.75, 3.05) is 56.0 Å². The van der Waals surface area contributed by atoms with Crippen LogP contribution >= 0.6 is 46.3 Å². The Morgan fingerprint density at radius 3 is 1.19 bits per heavy atom. The molecule has 29 unspecified atom stereocenters. The number of aliphatic hydroxyl groups is 4. The summed E-state index contributed by atoms with van der Waals surface area (Å²) >= 11 is 0. The highest BCUT2D eigenvalue weighted by Crippen LogP contribution is 2.58. The molecule has 21 rings (SSSR count). The molecule has 62 nitrogen and oxygen atoms in total. The lowest BCUT2D eigenvalue weighted by Gasteiger charge is -2.26. The fourth-order valence-corrected chi connectivity index (χ4v) is 23.6. The minimum Gasteiger partial charge on any atom is -0.387 e. The number of nitrogens with two attached hydrogens (primary N) is 3. The molecule has 0 aromatic carbocycles. The Hall–Kier alpha value is -9.63. The van der Waals surface area contributed by atoms with Crippen molar-refractivity contribution in [2.24, 2.45) is 0 Å². The first-order valence-corrected chi connectivity index (χ1v) is 49.9.